The summed E-state index contributed by atoms with van der Waals surface area (Å²) in [6.45, 7) is 6.44. The minimum atomic E-state index is -0.632. The fourth-order valence-electron chi connectivity index (χ4n) is 5.29. The van der Waals surface area contributed by atoms with Crippen LogP contribution < -0.4 is 15.4 Å². The molecule has 0 unspecified atom stereocenters. The summed E-state index contributed by atoms with van der Waals surface area (Å²) in [6, 6.07) is 7.20. The van der Waals surface area contributed by atoms with Crippen molar-refractivity contribution >= 4 is 12.0 Å². The third kappa shape index (κ3) is 5.50. The summed E-state index contributed by atoms with van der Waals surface area (Å²) < 4.78 is 10.9. The highest BCUT2D eigenvalue weighted by Crippen LogP contribution is 2.34. The van der Waals surface area contributed by atoms with Gasteiger partial charge in [-0.15, -0.1) is 0 Å². The van der Waals surface area contributed by atoms with Gasteiger partial charge in [0.2, 0.25) is 0 Å². The van der Waals surface area contributed by atoms with E-state index in [9.17, 15) is 9.59 Å². The van der Waals surface area contributed by atoms with Gasteiger partial charge in [0.25, 0.3) is 0 Å². The van der Waals surface area contributed by atoms with Crippen LogP contribution in [0.1, 0.15) is 50.6 Å². The molecule has 2 heterocycles. The van der Waals surface area contributed by atoms with Crippen LogP contribution in [-0.2, 0) is 9.53 Å². The molecule has 0 bridgehead atoms. The van der Waals surface area contributed by atoms with E-state index in [-0.39, 0.29) is 12.6 Å². The lowest BCUT2D eigenvalue weighted by molar-refractivity contribution is -0.139. The normalized spacial score (nSPS) is 23.1. The summed E-state index contributed by atoms with van der Waals surface area (Å²) in [5.74, 6) is 0.198. The maximum absolute atomic E-state index is 13.1. The van der Waals surface area contributed by atoms with E-state index >= 15 is 0 Å². The van der Waals surface area contributed by atoms with Crippen LogP contribution in [0.25, 0.3) is 0 Å². The molecular weight excluding hydrogens is 420 g/mol. The zero-order chi connectivity index (χ0) is 23.2. The van der Waals surface area contributed by atoms with Gasteiger partial charge in [-0.1, -0.05) is 37.5 Å². The predicted octanol–water partition coefficient (Wildman–Crippen LogP) is 2.82. The number of hydrogen-bond acceptors (Lipinski definition) is 6. The standard InChI is InChI=1S/C25H36N4O4/c1-3-33-24(30)22-20(17-28-13-15-29(16-14-28)18-9-5-4-6-10-18)26-25(31)27-23(22)19-11-7-8-12-21(19)32-2/h7-8,11-12,18,23H,3-6,9-10,13-17H2,1-2H3,(H2,26,27,31)/t23-/m1/s1. The number of carbonyl (C=O) groups excluding carboxylic acids is 2. The molecule has 3 aliphatic rings. The lowest BCUT2D eigenvalue weighted by atomic mass is 9.93. The number of piperazine rings is 1. The molecule has 1 aromatic carbocycles. The van der Waals surface area contributed by atoms with Crippen molar-refractivity contribution in [1.82, 2.24) is 20.4 Å². The second-order valence-corrected chi connectivity index (χ2v) is 8.99. The Labute approximate surface area is 196 Å². The molecular formula is C25H36N4O4. The van der Waals surface area contributed by atoms with Crippen molar-refractivity contribution in [3.63, 3.8) is 0 Å². The molecule has 8 heteroatoms. The first-order valence-corrected chi connectivity index (χ1v) is 12.2. The Hall–Kier alpha value is -2.58. The number of ether oxygens (including phenoxy) is 2. The smallest absolute Gasteiger partial charge is 0.338 e. The van der Waals surface area contributed by atoms with Crippen molar-refractivity contribution in [3.05, 3.63) is 41.1 Å². The average molecular weight is 457 g/mol. The molecule has 180 valence electrons. The van der Waals surface area contributed by atoms with Crippen LogP contribution >= 0.6 is 0 Å². The van der Waals surface area contributed by atoms with Crippen molar-refractivity contribution in [3.8, 4) is 5.75 Å². The number of rotatable bonds is 7. The van der Waals surface area contributed by atoms with Crippen LogP contribution in [0.15, 0.2) is 35.5 Å². The number of nitrogens with one attached hydrogen (secondary N) is 2. The molecule has 4 rings (SSSR count). The topological polar surface area (TPSA) is 83.1 Å². The molecule has 0 aromatic heterocycles. The molecule has 2 amide bonds. The summed E-state index contributed by atoms with van der Waals surface area (Å²) >= 11 is 0. The van der Waals surface area contributed by atoms with Crippen molar-refractivity contribution in [2.24, 2.45) is 0 Å². The Morgan fingerprint density at radius 2 is 1.82 bits per heavy atom. The van der Waals surface area contributed by atoms with Gasteiger partial charge in [-0.3, -0.25) is 9.80 Å². The summed E-state index contributed by atoms with van der Waals surface area (Å²) in [7, 11) is 1.59. The van der Waals surface area contributed by atoms with Crippen molar-refractivity contribution in [2.45, 2.75) is 51.1 Å². The van der Waals surface area contributed by atoms with Crippen LogP contribution in [0.2, 0.25) is 0 Å². The van der Waals surface area contributed by atoms with Gasteiger partial charge in [-0.2, -0.15) is 0 Å². The molecule has 1 atom stereocenters. The minimum Gasteiger partial charge on any atom is -0.496 e. The van der Waals surface area contributed by atoms with Gasteiger partial charge < -0.3 is 20.1 Å². The minimum absolute atomic E-state index is 0.266. The Morgan fingerprint density at radius 3 is 2.52 bits per heavy atom. The first-order valence-electron chi connectivity index (χ1n) is 12.2. The lowest BCUT2D eigenvalue weighted by Crippen LogP contribution is -2.53. The summed E-state index contributed by atoms with van der Waals surface area (Å²) in [4.78, 5) is 30.6. The first kappa shape index (κ1) is 23.6. The second-order valence-electron chi connectivity index (χ2n) is 8.99. The number of hydrogen-bond donors (Lipinski definition) is 2. The molecule has 8 nitrogen and oxygen atoms in total. The van der Waals surface area contributed by atoms with Gasteiger partial charge in [-0.05, 0) is 25.8 Å². The molecule has 1 aromatic rings. The fraction of sp³-hybridized carbons (Fsp3) is 0.600. The maximum atomic E-state index is 13.1. The van der Waals surface area contributed by atoms with Gasteiger partial charge in [0.1, 0.15) is 5.75 Å². The van der Waals surface area contributed by atoms with Crippen LogP contribution in [0.5, 0.6) is 5.75 Å². The largest absolute Gasteiger partial charge is 0.496 e. The van der Waals surface area contributed by atoms with Gasteiger partial charge in [0.05, 0.1) is 25.3 Å². The monoisotopic (exact) mass is 456 g/mol. The van der Waals surface area contributed by atoms with E-state index in [1.807, 2.05) is 24.3 Å². The number of methoxy groups -OCH3 is 1. The van der Waals surface area contributed by atoms with Gasteiger partial charge in [0, 0.05) is 50.0 Å². The first-order chi connectivity index (χ1) is 16.1. The van der Waals surface area contributed by atoms with Crippen LogP contribution in [0.4, 0.5) is 4.79 Å². The number of carbonyl (C=O) groups is 2. The van der Waals surface area contributed by atoms with Crippen LogP contribution in [0.3, 0.4) is 0 Å². The predicted molar refractivity (Wildman–Crippen MR) is 126 cm³/mol. The molecule has 1 saturated carbocycles. The SMILES string of the molecule is CCOC(=O)C1=C(CN2CCN(C3CCCCC3)CC2)NC(=O)N[C@@H]1c1ccccc1OC. The highest BCUT2D eigenvalue weighted by Gasteiger charge is 2.36. The van der Waals surface area contributed by atoms with Crippen LogP contribution in [-0.4, -0.2) is 74.3 Å². The molecule has 0 radical (unpaired) electrons. The van der Waals surface area contributed by atoms with Gasteiger partial charge >= 0.3 is 12.0 Å². The quantitative estimate of drug-likeness (QED) is 0.614. The van der Waals surface area contributed by atoms with Crippen LogP contribution in [0, 0.1) is 0 Å². The molecule has 2 aliphatic heterocycles. The third-order valence-electron chi connectivity index (χ3n) is 6.98. The molecule has 1 saturated heterocycles. The van der Waals surface area contributed by atoms with Crippen molar-refractivity contribution < 1.29 is 19.1 Å². The lowest BCUT2D eigenvalue weighted by Gasteiger charge is -2.41. The molecule has 2 fully saturated rings. The maximum Gasteiger partial charge on any atom is 0.338 e. The van der Waals surface area contributed by atoms with Gasteiger partial charge in [-0.25, -0.2) is 9.59 Å². The zero-order valence-electron chi connectivity index (χ0n) is 19.8. The number of urea groups is 1. The number of benzene rings is 1. The summed E-state index contributed by atoms with van der Waals surface area (Å²) in [5, 5.41) is 5.80. The number of para-hydroxylation sites is 1. The third-order valence-corrected chi connectivity index (χ3v) is 6.98. The number of amides is 2. The highest BCUT2D eigenvalue weighted by molar-refractivity contribution is 5.95. The molecule has 2 N–H and O–H groups in total. The van der Waals surface area contributed by atoms with Gasteiger partial charge in [0.15, 0.2) is 0 Å². The van der Waals surface area contributed by atoms with E-state index in [1.165, 1.54) is 32.1 Å². The van der Waals surface area contributed by atoms with Crippen molar-refractivity contribution in [1.29, 1.82) is 0 Å². The molecule has 1 aliphatic carbocycles. The fourth-order valence-corrected chi connectivity index (χ4v) is 5.29. The van der Waals surface area contributed by atoms with E-state index in [2.05, 4.69) is 20.4 Å². The van der Waals surface area contributed by atoms with E-state index < -0.39 is 12.0 Å². The summed E-state index contributed by atoms with van der Waals surface area (Å²) in [6.07, 6.45) is 6.65. The Kier molecular flexibility index (Phi) is 7.88. The van der Waals surface area contributed by atoms with Crippen molar-refractivity contribution in [2.75, 3.05) is 46.4 Å². The Bertz CT molecular complexity index is 873. The summed E-state index contributed by atoms with van der Waals surface area (Å²) in [5.41, 5.74) is 1.78. The van der Waals surface area contributed by atoms with E-state index in [0.29, 0.717) is 29.6 Å². The number of nitrogens with zero attached hydrogens (tertiary/aromatic N) is 2. The van der Waals surface area contributed by atoms with E-state index in [1.54, 1.807) is 14.0 Å². The Balaban J connectivity index is 1.55. The molecule has 33 heavy (non-hydrogen) atoms. The number of esters is 1. The molecule has 0 spiro atoms. The van der Waals surface area contributed by atoms with E-state index in [0.717, 1.165) is 31.7 Å². The Morgan fingerprint density at radius 1 is 1.09 bits per heavy atom. The second kappa shape index (κ2) is 11.0. The highest BCUT2D eigenvalue weighted by atomic mass is 16.5. The van der Waals surface area contributed by atoms with E-state index in [4.69, 9.17) is 9.47 Å². The zero-order valence-corrected chi connectivity index (χ0v) is 19.8. The average Bonchev–Trinajstić information content (AvgIpc) is 2.84.